The van der Waals surface area contributed by atoms with E-state index in [1.807, 2.05) is 20.8 Å². The third-order valence-corrected chi connectivity index (χ3v) is 3.02. The fourth-order valence-electron chi connectivity index (χ4n) is 1.86. The van der Waals surface area contributed by atoms with E-state index in [1.165, 1.54) is 12.1 Å². The maximum atomic E-state index is 13.7. The van der Waals surface area contributed by atoms with Crippen LogP contribution in [0.5, 0.6) is 0 Å². The highest BCUT2D eigenvalue weighted by molar-refractivity contribution is 6.31. The van der Waals surface area contributed by atoms with E-state index in [9.17, 15) is 9.18 Å². The van der Waals surface area contributed by atoms with Crippen molar-refractivity contribution in [3.8, 4) is 0 Å². The van der Waals surface area contributed by atoms with Crippen molar-refractivity contribution in [2.75, 3.05) is 11.9 Å². The molecule has 0 fully saturated rings. The maximum Gasteiger partial charge on any atom is 0.228 e. The summed E-state index contributed by atoms with van der Waals surface area (Å²) < 4.78 is 13.7. The maximum absolute atomic E-state index is 13.7. The van der Waals surface area contributed by atoms with Crippen LogP contribution in [0.15, 0.2) is 18.2 Å². The van der Waals surface area contributed by atoms with Crippen molar-refractivity contribution in [2.24, 2.45) is 17.1 Å². The molecule has 0 spiro atoms. The second kappa shape index (κ2) is 6.35. The fraction of sp³-hybridized carbons (Fsp3) is 0.500. The predicted octanol–water partition coefficient (Wildman–Crippen LogP) is 3.43. The highest BCUT2D eigenvalue weighted by atomic mass is 35.5. The Balaban J connectivity index is 2.80. The first-order valence-corrected chi connectivity index (χ1v) is 6.57. The summed E-state index contributed by atoms with van der Waals surface area (Å²) in [5, 5.41) is 2.53. The van der Waals surface area contributed by atoms with Gasteiger partial charge in [0.1, 0.15) is 0 Å². The first-order valence-electron chi connectivity index (χ1n) is 6.19. The van der Waals surface area contributed by atoms with Gasteiger partial charge in [0.15, 0.2) is 5.82 Å². The molecule has 5 heteroatoms. The number of carbonyl (C=O) groups excluding carboxylic acids is 1. The van der Waals surface area contributed by atoms with Crippen molar-refractivity contribution < 1.29 is 9.18 Å². The Morgan fingerprint density at radius 2 is 2.11 bits per heavy atom. The standard InChI is InChI=1S/C14H20ClFN2O/c1-14(2,3)7-9(8-17)13(19)18-11-6-4-5-10(15)12(11)16/h4-6,9H,7-8,17H2,1-3H3,(H,18,19). The quantitative estimate of drug-likeness (QED) is 0.891. The van der Waals surface area contributed by atoms with Crippen LogP contribution >= 0.6 is 11.6 Å². The highest BCUT2D eigenvalue weighted by Gasteiger charge is 2.24. The van der Waals surface area contributed by atoms with Gasteiger partial charge < -0.3 is 11.1 Å². The van der Waals surface area contributed by atoms with Crippen LogP contribution in [0.4, 0.5) is 10.1 Å². The van der Waals surface area contributed by atoms with Crippen LogP contribution < -0.4 is 11.1 Å². The zero-order chi connectivity index (χ0) is 14.6. The van der Waals surface area contributed by atoms with Crippen LogP contribution in [0.3, 0.4) is 0 Å². The Morgan fingerprint density at radius 3 is 2.63 bits per heavy atom. The van der Waals surface area contributed by atoms with Crippen molar-refractivity contribution in [3.63, 3.8) is 0 Å². The monoisotopic (exact) mass is 286 g/mol. The Morgan fingerprint density at radius 1 is 1.47 bits per heavy atom. The summed E-state index contributed by atoms with van der Waals surface area (Å²) in [7, 11) is 0. The number of nitrogens with two attached hydrogens (primary N) is 1. The molecule has 106 valence electrons. The van der Waals surface area contributed by atoms with Crippen LogP contribution in [-0.4, -0.2) is 12.5 Å². The number of benzene rings is 1. The number of hydrogen-bond donors (Lipinski definition) is 2. The SMILES string of the molecule is CC(C)(C)CC(CN)C(=O)Nc1cccc(Cl)c1F. The molecule has 1 atom stereocenters. The molecule has 1 rings (SSSR count). The van der Waals surface area contributed by atoms with E-state index in [-0.39, 0.29) is 34.5 Å². The minimum absolute atomic E-state index is 0.0158. The summed E-state index contributed by atoms with van der Waals surface area (Å²) in [6, 6.07) is 4.49. The normalized spacial score (nSPS) is 13.2. The summed E-state index contributed by atoms with van der Waals surface area (Å²) in [5.74, 6) is -1.25. The molecular formula is C14H20ClFN2O. The number of carbonyl (C=O) groups is 1. The minimum Gasteiger partial charge on any atom is -0.330 e. The molecule has 1 aromatic carbocycles. The van der Waals surface area contributed by atoms with Gasteiger partial charge in [-0.05, 0) is 24.0 Å². The zero-order valence-electron chi connectivity index (χ0n) is 11.5. The summed E-state index contributed by atoms with van der Waals surface area (Å²) >= 11 is 5.67. The van der Waals surface area contributed by atoms with Crippen molar-refractivity contribution >= 4 is 23.2 Å². The number of hydrogen-bond acceptors (Lipinski definition) is 2. The summed E-state index contributed by atoms with van der Waals surface area (Å²) in [5.41, 5.74) is 5.69. The second-order valence-corrected chi connectivity index (χ2v) is 6.20. The van der Waals surface area contributed by atoms with E-state index in [0.29, 0.717) is 6.42 Å². The van der Waals surface area contributed by atoms with Gasteiger partial charge in [0, 0.05) is 6.54 Å². The number of rotatable bonds is 4. The number of halogens is 2. The average molecular weight is 287 g/mol. The molecule has 0 saturated carbocycles. The van der Waals surface area contributed by atoms with Gasteiger partial charge >= 0.3 is 0 Å². The molecule has 0 heterocycles. The van der Waals surface area contributed by atoms with Gasteiger partial charge in [0.2, 0.25) is 5.91 Å². The molecule has 0 aromatic heterocycles. The van der Waals surface area contributed by atoms with Crippen molar-refractivity contribution in [1.82, 2.24) is 0 Å². The molecule has 1 unspecified atom stereocenters. The van der Waals surface area contributed by atoms with Crippen LogP contribution in [-0.2, 0) is 4.79 Å². The van der Waals surface area contributed by atoms with E-state index < -0.39 is 5.82 Å². The molecule has 0 aliphatic rings. The predicted molar refractivity (Wildman–Crippen MR) is 76.7 cm³/mol. The van der Waals surface area contributed by atoms with Gasteiger partial charge in [-0.25, -0.2) is 4.39 Å². The van der Waals surface area contributed by atoms with Crippen LogP contribution in [0.1, 0.15) is 27.2 Å². The Hall–Kier alpha value is -1.13. The third-order valence-electron chi connectivity index (χ3n) is 2.72. The van der Waals surface area contributed by atoms with Crippen molar-refractivity contribution in [3.05, 3.63) is 29.0 Å². The molecule has 0 aliphatic heterocycles. The van der Waals surface area contributed by atoms with E-state index in [0.717, 1.165) is 0 Å². The summed E-state index contributed by atoms with van der Waals surface area (Å²) in [4.78, 5) is 12.1. The van der Waals surface area contributed by atoms with Gasteiger partial charge in [0.25, 0.3) is 0 Å². The zero-order valence-corrected chi connectivity index (χ0v) is 12.2. The lowest BCUT2D eigenvalue weighted by atomic mass is 9.84. The van der Waals surface area contributed by atoms with Gasteiger partial charge in [0.05, 0.1) is 16.6 Å². The van der Waals surface area contributed by atoms with E-state index >= 15 is 0 Å². The van der Waals surface area contributed by atoms with E-state index in [2.05, 4.69) is 5.32 Å². The Kier molecular flexibility index (Phi) is 5.32. The third kappa shape index (κ3) is 4.80. The molecular weight excluding hydrogens is 267 g/mol. The lowest BCUT2D eigenvalue weighted by molar-refractivity contribution is -0.120. The molecule has 1 aromatic rings. The smallest absolute Gasteiger partial charge is 0.228 e. The molecule has 0 radical (unpaired) electrons. The number of amides is 1. The lowest BCUT2D eigenvalue weighted by Gasteiger charge is -2.24. The van der Waals surface area contributed by atoms with E-state index in [1.54, 1.807) is 6.07 Å². The van der Waals surface area contributed by atoms with Crippen molar-refractivity contribution in [2.45, 2.75) is 27.2 Å². The summed E-state index contributed by atoms with van der Waals surface area (Å²) in [6.45, 7) is 6.32. The second-order valence-electron chi connectivity index (χ2n) is 5.79. The first-order chi connectivity index (χ1) is 8.74. The number of nitrogens with one attached hydrogen (secondary N) is 1. The van der Waals surface area contributed by atoms with Crippen LogP contribution in [0.2, 0.25) is 5.02 Å². The average Bonchev–Trinajstić information content (AvgIpc) is 2.30. The molecule has 3 N–H and O–H groups in total. The molecule has 1 amide bonds. The van der Waals surface area contributed by atoms with Gasteiger partial charge in [-0.2, -0.15) is 0 Å². The van der Waals surface area contributed by atoms with E-state index in [4.69, 9.17) is 17.3 Å². The Bertz CT molecular complexity index is 457. The molecule has 0 bridgehead atoms. The van der Waals surface area contributed by atoms with Gasteiger partial charge in [-0.1, -0.05) is 38.4 Å². The van der Waals surface area contributed by atoms with Gasteiger partial charge in [-0.15, -0.1) is 0 Å². The minimum atomic E-state index is -0.621. The highest BCUT2D eigenvalue weighted by Crippen LogP contribution is 2.26. The van der Waals surface area contributed by atoms with Crippen LogP contribution in [0, 0.1) is 17.2 Å². The summed E-state index contributed by atoms with van der Waals surface area (Å²) in [6.07, 6.45) is 0.636. The Labute approximate surface area is 118 Å². The topological polar surface area (TPSA) is 55.1 Å². The van der Waals surface area contributed by atoms with Crippen LogP contribution in [0.25, 0.3) is 0 Å². The molecule has 0 saturated heterocycles. The van der Waals surface area contributed by atoms with Gasteiger partial charge in [-0.3, -0.25) is 4.79 Å². The largest absolute Gasteiger partial charge is 0.330 e. The molecule has 3 nitrogen and oxygen atoms in total. The first kappa shape index (κ1) is 15.9. The number of anilines is 1. The molecule has 0 aliphatic carbocycles. The van der Waals surface area contributed by atoms with Crippen molar-refractivity contribution in [1.29, 1.82) is 0 Å². The lowest BCUT2D eigenvalue weighted by Crippen LogP contribution is -2.32. The molecule has 19 heavy (non-hydrogen) atoms. The fourth-order valence-corrected chi connectivity index (χ4v) is 2.03.